The predicted octanol–water partition coefficient (Wildman–Crippen LogP) is 12.0. The summed E-state index contributed by atoms with van der Waals surface area (Å²) in [6.07, 6.45) is 32.7. The third-order valence-corrected chi connectivity index (χ3v) is 8.25. The van der Waals surface area contributed by atoms with Crippen LogP contribution in [0, 0.1) is 0 Å². The number of aromatic hydroxyl groups is 2. The summed E-state index contributed by atoms with van der Waals surface area (Å²) in [7, 11) is 0. The van der Waals surface area contributed by atoms with Crippen molar-refractivity contribution in [1.82, 2.24) is 0 Å². The summed E-state index contributed by atoms with van der Waals surface area (Å²) in [6.45, 7) is 7.42. The highest BCUT2D eigenvalue weighted by atomic mass is 16.5. The molecule has 0 aliphatic carbocycles. The van der Waals surface area contributed by atoms with Crippen molar-refractivity contribution in [3.05, 3.63) is 17.2 Å². The van der Waals surface area contributed by atoms with Crippen LogP contribution in [0.25, 0.3) is 0 Å². The molecule has 3 heteroatoms. The monoisotopic (exact) mass is 547 g/mol. The molecule has 0 aliphatic heterocycles. The number of aryl methyl sites for hydroxylation is 1. The van der Waals surface area contributed by atoms with Gasteiger partial charge in [-0.05, 0) is 43.7 Å². The van der Waals surface area contributed by atoms with Crippen LogP contribution >= 0.6 is 0 Å². The molecule has 0 aromatic heterocycles. The quantitative estimate of drug-likeness (QED) is 0.0811. The highest BCUT2D eigenvalue weighted by molar-refractivity contribution is 5.58. The maximum absolute atomic E-state index is 10.8. The Kier molecular flexibility index (Phi) is 23.4. The first kappa shape index (κ1) is 35.6. The summed E-state index contributed by atoms with van der Waals surface area (Å²) in [5.74, 6) is 0.495. The van der Waals surface area contributed by atoms with Crippen LogP contribution in [0.5, 0.6) is 17.2 Å². The maximum Gasteiger partial charge on any atom is 0.200 e. The van der Waals surface area contributed by atoms with Crippen molar-refractivity contribution in [3.8, 4) is 17.2 Å². The number of rotatable bonds is 28. The Hall–Kier alpha value is -1.38. The number of benzene rings is 1. The molecule has 0 saturated heterocycles. The Morgan fingerprint density at radius 2 is 0.872 bits per heavy atom. The summed E-state index contributed by atoms with van der Waals surface area (Å²) in [6, 6.07) is 1.82. The molecule has 0 bridgehead atoms. The lowest BCUT2D eigenvalue weighted by Crippen LogP contribution is -2.05. The van der Waals surface area contributed by atoms with Gasteiger partial charge in [-0.3, -0.25) is 0 Å². The Morgan fingerprint density at radius 3 is 1.33 bits per heavy atom. The molecule has 0 spiro atoms. The van der Waals surface area contributed by atoms with Crippen molar-refractivity contribution < 1.29 is 14.9 Å². The molecule has 0 amide bonds. The van der Waals surface area contributed by atoms with E-state index in [1.807, 2.05) is 6.07 Å². The van der Waals surface area contributed by atoms with Gasteiger partial charge in [0, 0.05) is 5.56 Å². The summed E-state index contributed by atoms with van der Waals surface area (Å²) >= 11 is 0. The van der Waals surface area contributed by atoms with E-state index in [2.05, 4.69) is 20.8 Å². The van der Waals surface area contributed by atoms with Gasteiger partial charge in [-0.15, -0.1) is 0 Å². The van der Waals surface area contributed by atoms with Gasteiger partial charge in [-0.2, -0.15) is 0 Å². The third kappa shape index (κ3) is 17.8. The Bertz CT molecular complexity index is 684. The highest BCUT2D eigenvalue weighted by Crippen LogP contribution is 2.42. The zero-order chi connectivity index (χ0) is 28.4. The van der Waals surface area contributed by atoms with Crippen molar-refractivity contribution in [2.45, 2.75) is 188 Å². The molecule has 3 nitrogen and oxygen atoms in total. The number of ether oxygens (including phenoxy) is 1. The van der Waals surface area contributed by atoms with E-state index in [4.69, 9.17) is 4.74 Å². The topological polar surface area (TPSA) is 49.7 Å². The largest absolute Gasteiger partial charge is 0.504 e. The molecule has 0 fully saturated rings. The molecular formula is C36H66O3. The SMILES string of the molecule is CCCCCCCCCCOc1c(O)c(O)cc(CCCCCCCCCC)c1CCCCCCCCCC. The lowest BCUT2D eigenvalue weighted by molar-refractivity contribution is 0.279. The lowest BCUT2D eigenvalue weighted by atomic mass is 9.94. The predicted molar refractivity (Wildman–Crippen MR) is 171 cm³/mol. The third-order valence-electron chi connectivity index (χ3n) is 8.25. The van der Waals surface area contributed by atoms with E-state index in [1.54, 1.807) is 0 Å². The van der Waals surface area contributed by atoms with Crippen LogP contribution < -0.4 is 4.74 Å². The first-order valence-corrected chi connectivity index (χ1v) is 17.3. The highest BCUT2D eigenvalue weighted by Gasteiger charge is 2.19. The molecule has 0 unspecified atom stereocenters. The molecule has 0 saturated carbocycles. The van der Waals surface area contributed by atoms with Crippen LogP contribution in [0.15, 0.2) is 6.07 Å². The number of unbranched alkanes of at least 4 members (excludes halogenated alkanes) is 21. The summed E-state index contributed by atoms with van der Waals surface area (Å²) < 4.78 is 6.23. The van der Waals surface area contributed by atoms with Gasteiger partial charge < -0.3 is 14.9 Å². The second-order valence-corrected chi connectivity index (χ2v) is 12.0. The van der Waals surface area contributed by atoms with Crippen LogP contribution in [0.2, 0.25) is 0 Å². The second kappa shape index (κ2) is 25.6. The first-order chi connectivity index (χ1) is 19.2. The van der Waals surface area contributed by atoms with Crippen LogP contribution in [0.4, 0.5) is 0 Å². The van der Waals surface area contributed by atoms with Gasteiger partial charge in [0.25, 0.3) is 0 Å². The minimum atomic E-state index is -0.0520. The van der Waals surface area contributed by atoms with E-state index in [0.29, 0.717) is 12.4 Å². The van der Waals surface area contributed by atoms with E-state index in [0.717, 1.165) is 37.7 Å². The molecule has 1 rings (SSSR count). The Morgan fingerprint density at radius 1 is 0.487 bits per heavy atom. The minimum Gasteiger partial charge on any atom is -0.504 e. The first-order valence-electron chi connectivity index (χ1n) is 17.3. The van der Waals surface area contributed by atoms with Gasteiger partial charge in [0.1, 0.15) is 0 Å². The second-order valence-electron chi connectivity index (χ2n) is 12.0. The number of hydrogen-bond donors (Lipinski definition) is 2. The molecular weight excluding hydrogens is 480 g/mol. The fourth-order valence-corrected chi connectivity index (χ4v) is 5.67. The fraction of sp³-hybridized carbons (Fsp3) is 0.833. The van der Waals surface area contributed by atoms with Gasteiger partial charge in [0.15, 0.2) is 11.5 Å². The summed E-state index contributed by atoms with van der Waals surface area (Å²) in [5.41, 5.74) is 2.34. The lowest BCUT2D eigenvalue weighted by Gasteiger charge is -2.18. The maximum atomic E-state index is 10.8. The smallest absolute Gasteiger partial charge is 0.200 e. The molecule has 1 aromatic rings. The van der Waals surface area contributed by atoms with Crippen LogP contribution in [0.3, 0.4) is 0 Å². The molecule has 39 heavy (non-hydrogen) atoms. The van der Waals surface area contributed by atoms with Gasteiger partial charge in [-0.25, -0.2) is 0 Å². The number of hydrogen-bond acceptors (Lipinski definition) is 3. The molecule has 1 aromatic carbocycles. The standard InChI is InChI=1S/C36H66O3/c1-4-7-10-13-16-19-22-25-28-32-31-34(37)35(38)36(39-30-27-24-21-18-15-12-9-6-3)33(32)29-26-23-20-17-14-11-8-5-2/h31,37-38H,4-30H2,1-3H3. The number of phenols is 2. The minimum absolute atomic E-state index is 0.0184. The number of phenolic OH excluding ortho intramolecular Hbond substituents is 2. The molecule has 0 atom stereocenters. The molecule has 2 N–H and O–H groups in total. The molecule has 0 aliphatic rings. The van der Waals surface area contributed by atoms with Gasteiger partial charge >= 0.3 is 0 Å². The molecule has 228 valence electrons. The average Bonchev–Trinajstić information content (AvgIpc) is 2.94. The molecule has 0 radical (unpaired) electrons. The van der Waals surface area contributed by atoms with Gasteiger partial charge in [-0.1, -0.05) is 156 Å². The van der Waals surface area contributed by atoms with E-state index in [9.17, 15) is 10.2 Å². The molecule has 0 heterocycles. The van der Waals surface area contributed by atoms with E-state index in [1.165, 1.54) is 140 Å². The van der Waals surface area contributed by atoms with E-state index in [-0.39, 0.29) is 11.5 Å². The summed E-state index contributed by atoms with van der Waals surface area (Å²) in [4.78, 5) is 0. The van der Waals surface area contributed by atoms with Crippen LogP contribution in [0.1, 0.15) is 186 Å². The van der Waals surface area contributed by atoms with Crippen molar-refractivity contribution in [3.63, 3.8) is 0 Å². The van der Waals surface area contributed by atoms with E-state index >= 15 is 0 Å². The average molecular weight is 547 g/mol. The van der Waals surface area contributed by atoms with E-state index < -0.39 is 0 Å². The van der Waals surface area contributed by atoms with Crippen molar-refractivity contribution in [1.29, 1.82) is 0 Å². The van der Waals surface area contributed by atoms with Crippen LogP contribution in [-0.2, 0) is 12.8 Å². The van der Waals surface area contributed by atoms with Crippen molar-refractivity contribution >= 4 is 0 Å². The summed E-state index contributed by atoms with van der Waals surface area (Å²) in [5, 5.41) is 21.3. The zero-order valence-electron chi connectivity index (χ0n) is 26.5. The van der Waals surface area contributed by atoms with Crippen LogP contribution in [-0.4, -0.2) is 16.8 Å². The fourth-order valence-electron chi connectivity index (χ4n) is 5.67. The van der Waals surface area contributed by atoms with Crippen molar-refractivity contribution in [2.75, 3.05) is 6.61 Å². The normalized spacial score (nSPS) is 11.4. The Balaban J connectivity index is 2.65. The zero-order valence-corrected chi connectivity index (χ0v) is 26.5. The van der Waals surface area contributed by atoms with Gasteiger partial charge in [0.2, 0.25) is 5.75 Å². The van der Waals surface area contributed by atoms with Gasteiger partial charge in [0.05, 0.1) is 6.61 Å². The van der Waals surface area contributed by atoms with Crippen molar-refractivity contribution in [2.24, 2.45) is 0 Å². The Labute approximate surface area is 243 Å².